The van der Waals surface area contributed by atoms with E-state index in [-0.39, 0.29) is 22.9 Å². The summed E-state index contributed by atoms with van der Waals surface area (Å²) >= 11 is 0. The van der Waals surface area contributed by atoms with Gasteiger partial charge in [-0.25, -0.2) is 14.6 Å². The normalized spacial score (nSPS) is 11.2. The van der Waals surface area contributed by atoms with Gasteiger partial charge in [0, 0.05) is 37.6 Å². The average molecular weight is 529 g/mol. The molecule has 0 saturated heterocycles. The van der Waals surface area contributed by atoms with E-state index >= 15 is 0 Å². The van der Waals surface area contributed by atoms with E-state index in [0.717, 1.165) is 17.3 Å². The maximum absolute atomic E-state index is 12.6. The summed E-state index contributed by atoms with van der Waals surface area (Å²) in [6, 6.07) is 11.3. The molecule has 0 atom stereocenters. The fourth-order valence-corrected chi connectivity index (χ4v) is 3.47. The Bertz CT molecular complexity index is 1510. The van der Waals surface area contributed by atoms with Crippen molar-refractivity contribution in [1.29, 1.82) is 0 Å². The van der Waals surface area contributed by atoms with Gasteiger partial charge in [-0.05, 0) is 23.3 Å². The Morgan fingerprint density at radius 3 is 2.45 bits per heavy atom. The van der Waals surface area contributed by atoms with Crippen molar-refractivity contribution in [3.63, 3.8) is 0 Å². The van der Waals surface area contributed by atoms with E-state index in [1.54, 1.807) is 18.3 Å². The Labute approximate surface area is 212 Å². The van der Waals surface area contributed by atoms with Gasteiger partial charge in [-0.3, -0.25) is 15.1 Å². The molecule has 14 heteroatoms. The first-order valence-electron chi connectivity index (χ1n) is 11.2. The van der Waals surface area contributed by atoms with E-state index in [1.165, 1.54) is 24.4 Å². The minimum Gasteiger partial charge on any atom is -0.404 e. The van der Waals surface area contributed by atoms with Gasteiger partial charge in [0.05, 0.1) is 11.3 Å². The monoisotopic (exact) mass is 529 g/mol. The lowest BCUT2D eigenvalue weighted by Gasteiger charge is -2.14. The Hall–Kier alpha value is -4.85. The molecule has 0 aliphatic heterocycles. The Balaban J connectivity index is 1.33. The minimum atomic E-state index is -4.93. The molecule has 0 fully saturated rings. The molecular formula is C24H22F3N7O4. The van der Waals surface area contributed by atoms with Crippen LogP contribution in [0.3, 0.4) is 0 Å². The fraction of sp³-hybridized carbons (Fsp3) is 0.167. The molecule has 0 spiro atoms. The molecule has 0 saturated carbocycles. The van der Waals surface area contributed by atoms with Gasteiger partial charge in [-0.1, -0.05) is 36.4 Å². The number of carbonyl (C=O) groups excluding carboxylic acids is 1. The maximum Gasteiger partial charge on any atom is 0.573 e. The number of halogens is 3. The highest BCUT2D eigenvalue weighted by Crippen LogP contribution is 2.30. The fourth-order valence-electron chi connectivity index (χ4n) is 3.47. The van der Waals surface area contributed by atoms with Crippen LogP contribution in [0.5, 0.6) is 5.75 Å². The van der Waals surface area contributed by atoms with Crippen molar-refractivity contribution in [1.82, 2.24) is 25.3 Å². The van der Waals surface area contributed by atoms with E-state index in [1.807, 2.05) is 12.1 Å². The van der Waals surface area contributed by atoms with E-state index in [0.29, 0.717) is 25.1 Å². The lowest BCUT2D eigenvalue weighted by atomic mass is 10.1. The SMILES string of the molecule is O=C(Nc1ncc(-c2ccc(CNCCc3c[nH]c(=O)[nH]3)cc2)c(=O)[nH]1)Nc1ccccc1OC(F)(F)F. The number of rotatable bonds is 9. The molecule has 198 valence electrons. The average Bonchev–Trinajstić information content (AvgIpc) is 3.28. The maximum atomic E-state index is 12.6. The molecule has 0 bridgehead atoms. The number of aromatic nitrogens is 4. The summed E-state index contributed by atoms with van der Waals surface area (Å²) in [4.78, 5) is 47.6. The smallest absolute Gasteiger partial charge is 0.404 e. The molecule has 4 rings (SSSR count). The number of urea groups is 1. The zero-order valence-corrected chi connectivity index (χ0v) is 19.6. The number of benzene rings is 2. The zero-order chi connectivity index (χ0) is 27.1. The van der Waals surface area contributed by atoms with Crippen LogP contribution in [0.2, 0.25) is 0 Å². The molecule has 0 aliphatic carbocycles. The van der Waals surface area contributed by atoms with Crippen LogP contribution in [0.25, 0.3) is 11.1 Å². The quantitative estimate of drug-likeness (QED) is 0.183. The van der Waals surface area contributed by atoms with E-state index in [2.05, 4.69) is 40.6 Å². The van der Waals surface area contributed by atoms with Crippen molar-refractivity contribution in [3.8, 4) is 16.9 Å². The number of nitrogens with one attached hydrogen (secondary N) is 6. The van der Waals surface area contributed by atoms with Gasteiger partial charge < -0.3 is 25.3 Å². The van der Waals surface area contributed by atoms with Crippen molar-refractivity contribution in [3.05, 3.63) is 93.0 Å². The molecule has 0 aliphatic rings. The van der Waals surface area contributed by atoms with Gasteiger partial charge in [0.2, 0.25) is 5.95 Å². The summed E-state index contributed by atoms with van der Waals surface area (Å²) in [7, 11) is 0. The number of ether oxygens (including phenoxy) is 1. The molecule has 11 nitrogen and oxygen atoms in total. The Kier molecular flexibility index (Phi) is 7.91. The minimum absolute atomic E-state index is 0.199. The van der Waals surface area contributed by atoms with Crippen LogP contribution in [-0.4, -0.2) is 38.9 Å². The van der Waals surface area contributed by atoms with Gasteiger partial charge in [0.1, 0.15) is 0 Å². The first kappa shape index (κ1) is 26.2. The number of imidazole rings is 1. The largest absolute Gasteiger partial charge is 0.573 e. The predicted octanol–water partition coefficient (Wildman–Crippen LogP) is 3.33. The number of hydrogen-bond acceptors (Lipinski definition) is 6. The topological polar surface area (TPSA) is 157 Å². The molecule has 38 heavy (non-hydrogen) atoms. The molecule has 0 unspecified atom stereocenters. The number of carbonyl (C=O) groups is 1. The summed E-state index contributed by atoms with van der Waals surface area (Å²) in [5.74, 6) is -0.794. The van der Waals surface area contributed by atoms with E-state index in [4.69, 9.17) is 0 Å². The highest BCUT2D eigenvalue weighted by atomic mass is 19.4. The highest BCUT2D eigenvalue weighted by molar-refractivity contribution is 5.99. The van der Waals surface area contributed by atoms with Gasteiger partial charge >= 0.3 is 18.1 Å². The molecule has 4 aromatic rings. The van der Waals surface area contributed by atoms with Gasteiger partial charge in [0.15, 0.2) is 5.75 Å². The van der Waals surface area contributed by atoms with Crippen LogP contribution in [0, 0.1) is 0 Å². The van der Waals surface area contributed by atoms with Crippen molar-refractivity contribution in [2.75, 3.05) is 17.2 Å². The Morgan fingerprint density at radius 2 is 1.76 bits per heavy atom. The second-order valence-corrected chi connectivity index (χ2v) is 7.99. The third-order valence-electron chi connectivity index (χ3n) is 5.21. The van der Waals surface area contributed by atoms with E-state index in [9.17, 15) is 27.6 Å². The first-order valence-corrected chi connectivity index (χ1v) is 11.2. The number of alkyl halides is 3. The summed E-state index contributed by atoms with van der Waals surface area (Å²) in [5, 5.41) is 7.75. The molecule has 2 amide bonds. The Morgan fingerprint density at radius 1 is 1.00 bits per heavy atom. The lowest BCUT2D eigenvalue weighted by Crippen LogP contribution is -2.24. The number of amides is 2. The second-order valence-electron chi connectivity index (χ2n) is 7.99. The number of H-pyrrole nitrogens is 3. The van der Waals surface area contributed by atoms with Crippen LogP contribution >= 0.6 is 0 Å². The molecule has 2 aromatic carbocycles. The number of aromatic amines is 3. The van der Waals surface area contributed by atoms with Crippen LogP contribution in [0.15, 0.2) is 70.5 Å². The first-order chi connectivity index (χ1) is 18.2. The molecule has 2 heterocycles. The predicted molar refractivity (Wildman–Crippen MR) is 133 cm³/mol. The zero-order valence-electron chi connectivity index (χ0n) is 19.6. The summed E-state index contributed by atoms with van der Waals surface area (Å²) in [6.45, 7) is 1.24. The van der Waals surface area contributed by atoms with Crippen LogP contribution in [0.1, 0.15) is 11.3 Å². The number of nitrogens with zero attached hydrogens (tertiary/aromatic N) is 1. The number of hydrogen-bond donors (Lipinski definition) is 6. The molecular weight excluding hydrogens is 507 g/mol. The van der Waals surface area contributed by atoms with Crippen LogP contribution in [0.4, 0.5) is 29.6 Å². The molecule has 0 radical (unpaired) electrons. The van der Waals surface area contributed by atoms with Gasteiger partial charge in [0.25, 0.3) is 5.56 Å². The van der Waals surface area contributed by atoms with Crippen LogP contribution in [-0.2, 0) is 13.0 Å². The molecule has 2 aromatic heterocycles. The van der Waals surface area contributed by atoms with Gasteiger partial charge in [-0.2, -0.15) is 0 Å². The lowest BCUT2D eigenvalue weighted by molar-refractivity contribution is -0.274. The van der Waals surface area contributed by atoms with Crippen molar-refractivity contribution < 1.29 is 22.7 Å². The van der Waals surface area contributed by atoms with E-state index < -0.39 is 23.7 Å². The van der Waals surface area contributed by atoms with Crippen molar-refractivity contribution in [2.24, 2.45) is 0 Å². The van der Waals surface area contributed by atoms with Crippen LogP contribution < -0.4 is 31.9 Å². The third kappa shape index (κ3) is 7.33. The van der Waals surface area contributed by atoms with Gasteiger partial charge in [-0.15, -0.1) is 13.2 Å². The number of anilines is 2. The van der Waals surface area contributed by atoms with Crippen molar-refractivity contribution >= 4 is 17.7 Å². The summed E-state index contributed by atoms with van der Waals surface area (Å²) in [5.41, 5.74) is 1.65. The summed E-state index contributed by atoms with van der Waals surface area (Å²) < 4.78 is 41.6. The van der Waals surface area contributed by atoms with Crippen molar-refractivity contribution in [2.45, 2.75) is 19.3 Å². The number of para-hydroxylation sites is 2. The third-order valence-corrected chi connectivity index (χ3v) is 5.21. The summed E-state index contributed by atoms with van der Waals surface area (Å²) in [6.07, 6.45) is -1.37. The standard InChI is InChI=1S/C24H22F3N7O4/c25-24(26,27)38-19-4-2-1-3-18(19)32-23(37)34-21-29-13-17(20(35)33-21)15-7-5-14(6-8-15)11-28-10-9-16-12-30-22(36)31-16/h1-8,12-13,28H,9-11H2,(H2,30,31,36)(H3,29,32,33,34,35,37). The highest BCUT2D eigenvalue weighted by Gasteiger charge is 2.32. The molecule has 6 N–H and O–H groups in total. The second kappa shape index (κ2) is 11.5.